The lowest BCUT2D eigenvalue weighted by Gasteiger charge is -2.41. The molecule has 4 amide bonds. The maximum Gasteiger partial charge on any atom is 0.245 e. The van der Waals surface area contributed by atoms with Crippen molar-refractivity contribution in [2.75, 3.05) is 41.1 Å². The molecule has 1 aromatic rings. The molecule has 10 nitrogen and oxygen atoms in total. The van der Waals surface area contributed by atoms with E-state index in [-0.39, 0.29) is 71.2 Å². The van der Waals surface area contributed by atoms with Gasteiger partial charge in [-0.3, -0.25) is 24.1 Å². The lowest BCUT2D eigenvalue weighted by Crippen LogP contribution is -2.59. The normalized spacial score (nSPS) is 18.7. The van der Waals surface area contributed by atoms with Crippen LogP contribution in [-0.2, 0) is 30.5 Å². The second-order valence-corrected chi connectivity index (χ2v) is 15.3. The molecule has 7 atom stereocenters. The number of nitrogens with zero attached hydrogens (tertiary/aromatic N) is 3. The minimum atomic E-state index is -0.721. The number of carbonyl (C=O) groups excluding carboxylic acids is 4. The minimum Gasteiger partial charge on any atom is -0.379 e. The Balaban J connectivity index is 2.20. The van der Waals surface area contributed by atoms with Gasteiger partial charge in [0.2, 0.25) is 23.6 Å². The molecule has 48 heavy (non-hydrogen) atoms. The molecule has 7 unspecified atom stereocenters. The molecule has 0 bridgehead atoms. The Kier molecular flexibility index (Phi) is 17.4. The predicted octanol–water partition coefficient (Wildman–Crippen LogP) is 4.42. The lowest BCUT2D eigenvalue weighted by molar-refractivity contribution is -0.146. The number of nitrogens with one attached hydrogen (secondary N) is 2. The number of hydrogen-bond acceptors (Lipinski definition) is 7. The monoisotopic (exact) mass is 689 g/mol. The molecular weight excluding hydrogens is 627 g/mol. The van der Waals surface area contributed by atoms with Crippen molar-refractivity contribution in [3.05, 3.63) is 35.9 Å². The van der Waals surface area contributed by atoms with Crippen LogP contribution in [0.15, 0.2) is 30.3 Å². The van der Waals surface area contributed by atoms with Crippen molar-refractivity contribution in [3.8, 4) is 0 Å². The molecule has 2 N–H and O–H groups in total. The van der Waals surface area contributed by atoms with Gasteiger partial charge >= 0.3 is 0 Å². The van der Waals surface area contributed by atoms with Crippen LogP contribution in [0.2, 0.25) is 0 Å². The first kappa shape index (κ1) is 41.5. The largest absolute Gasteiger partial charge is 0.379 e. The molecule has 1 aromatic carbocycles. The molecule has 2 rings (SSSR count). The van der Waals surface area contributed by atoms with E-state index >= 15 is 0 Å². The quantitative estimate of drug-likeness (QED) is 0.221. The highest BCUT2D eigenvalue weighted by Crippen LogP contribution is 2.31. The van der Waals surface area contributed by atoms with E-state index in [9.17, 15) is 19.2 Å². The second kappa shape index (κ2) is 20.1. The average Bonchev–Trinajstić information content (AvgIpc) is 3.54. The zero-order chi connectivity index (χ0) is 36.1. The van der Waals surface area contributed by atoms with Gasteiger partial charge in [0, 0.05) is 45.0 Å². The molecule has 0 radical (unpaired) electrons. The van der Waals surface area contributed by atoms with Gasteiger partial charge in [-0.25, -0.2) is 0 Å². The molecule has 1 heterocycles. The summed E-state index contributed by atoms with van der Waals surface area (Å²) in [5.41, 5.74) is 1.05. The standard InChI is InChI=1S/C37H63N5O5S/c1-12-26(6)35(41(9)37(46)33(24(2)3)39-36(45)34(25(4)5)40(7)8)29(47-10)21-32(44)42-20-16-19-28(42)30(48-11)22-31(43)38-23-27-17-14-13-15-18-27/h13-15,17-18,24-26,28-30,33-35H,12,16,19-23H2,1-11H3,(H,38,43)(H,39,45). The fourth-order valence-corrected chi connectivity index (χ4v) is 7.96. The Morgan fingerprint density at radius 3 is 2.17 bits per heavy atom. The van der Waals surface area contributed by atoms with E-state index in [1.807, 2.05) is 88.2 Å². The fraction of sp³-hybridized carbons (Fsp3) is 0.730. The molecular formula is C37H63N5O5S. The maximum atomic E-state index is 14.1. The zero-order valence-corrected chi connectivity index (χ0v) is 32.1. The van der Waals surface area contributed by atoms with Gasteiger partial charge in [0.1, 0.15) is 6.04 Å². The Labute approximate surface area is 294 Å². The van der Waals surface area contributed by atoms with Crippen molar-refractivity contribution in [1.82, 2.24) is 25.3 Å². The number of ether oxygens (including phenoxy) is 1. The van der Waals surface area contributed by atoms with E-state index in [2.05, 4.69) is 24.5 Å². The van der Waals surface area contributed by atoms with Crippen LogP contribution in [0, 0.1) is 17.8 Å². The summed E-state index contributed by atoms with van der Waals surface area (Å²) in [5, 5.41) is 6.05. The fourth-order valence-electron chi connectivity index (χ4n) is 7.04. The van der Waals surface area contributed by atoms with Crippen LogP contribution in [0.3, 0.4) is 0 Å². The molecule has 0 aliphatic carbocycles. The molecule has 0 spiro atoms. The number of hydrogen-bond donors (Lipinski definition) is 2. The van der Waals surface area contributed by atoms with Crippen molar-refractivity contribution in [1.29, 1.82) is 0 Å². The van der Waals surface area contributed by atoms with Crippen LogP contribution in [0.5, 0.6) is 0 Å². The van der Waals surface area contributed by atoms with Gasteiger partial charge in [0.05, 0.1) is 24.6 Å². The Morgan fingerprint density at radius 1 is 1.00 bits per heavy atom. The molecule has 1 aliphatic rings. The highest BCUT2D eigenvalue weighted by atomic mass is 32.2. The number of thioether (sulfide) groups is 1. The molecule has 272 valence electrons. The first-order valence-electron chi connectivity index (χ1n) is 17.6. The predicted molar refractivity (Wildman–Crippen MR) is 195 cm³/mol. The van der Waals surface area contributed by atoms with E-state index in [0.29, 0.717) is 19.5 Å². The second-order valence-electron chi connectivity index (χ2n) is 14.2. The van der Waals surface area contributed by atoms with Gasteiger partial charge in [-0.15, -0.1) is 0 Å². The van der Waals surface area contributed by atoms with Crippen molar-refractivity contribution in [3.63, 3.8) is 0 Å². The summed E-state index contributed by atoms with van der Waals surface area (Å²) in [6.07, 6.45) is 4.41. The summed E-state index contributed by atoms with van der Waals surface area (Å²) >= 11 is 1.63. The van der Waals surface area contributed by atoms with Crippen molar-refractivity contribution in [2.45, 2.75) is 116 Å². The van der Waals surface area contributed by atoms with Crippen LogP contribution in [0.4, 0.5) is 0 Å². The van der Waals surface area contributed by atoms with Crippen LogP contribution in [-0.4, -0.2) is 115 Å². The van der Waals surface area contributed by atoms with Gasteiger partial charge in [-0.2, -0.15) is 11.8 Å². The molecule has 1 fully saturated rings. The summed E-state index contributed by atoms with van der Waals surface area (Å²) in [5.74, 6) is -0.456. The number of amides is 4. The number of likely N-dealkylation sites (N-methyl/N-ethyl adjacent to an activating group) is 2. The van der Waals surface area contributed by atoms with E-state index in [1.54, 1.807) is 30.8 Å². The van der Waals surface area contributed by atoms with Gasteiger partial charge < -0.3 is 25.2 Å². The molecule has 1 aliphatic heterocycles. The molecule has 0 saturated carbocycles. The smallest absolute Gasteiger partial charge is 0.245 e. The van der Waals surface area contributed by atoms with Crippen LogP contribution >= 0.6 is 11.8 Å². The van der Waals surface area contributed by atoms with Crippen molar-refractivity contribution < 1.29 is 23.9 Å². The molecule has 0 aromatic heterocycles. The molecule has 11 heteroatoms. The zero-order valence-electron chi connectivity index (χ0n) is 31.3. The van der Waals surface area contributed by atoms with Gasteiger partial charge in [-0.1, -0.05) is 78.3 Å². The van der Waals surface area contributed by atoms with E-state index in [1.165, 1.54) is 0 Å². The van der Waals surface area contributed by atoms with E-state index in [0.717, 1.165) is 24.8 Å². The number of benzene rings is 1. The third-order valence-electron chi connectivity index (χ3n) is 9.84. The first-order chi connectivity index (χ1) is 22.7. The SMILES string of the molecule is CCC(C)C(C(CC(=O)N1CCCC1C(CC(=O)NCc1ccccc1)SC)OC)N(C)C(=O)C(NC(=O)C(C(C)C)N(C)C)C(C)C. The van der Waals surface area contributed by atoms with E-state index < -0.39 is 12.1 Å². The van der Waals surface area contributed by atoms with Gasteiger partial charge in [-0.05, 0) is 56.5 Å². The Bertz CT molecular complexity index is 1160. The first-order valence-corrected chi connectivity index (χ1v) is 18.9. The summed E-state index contributed by atoms with van der Waals surface area (Å²) in [6.45, 7) is 13.1. The lowest BCUT2D eigenvalue weighted by atomic mass is 9.89. The minimum absolute atomic E-state index is 0.0262. The topological polar surface area (TPSA) is 111 Å². The van der Waals surface area contributed by atoms with Crippen LogP contribution in [0.1, 0.15) is 79.2 Å². The summed E-state index contributed by atoms with van der Waals surface area (Å²) in [7, 11) is 7.10. The van der Waals surface area contributed by atoms with E-state index in [4.69, 9.17) is 4.74 Å². The number of carbonyl (C=O) groups is 4. The Morgan fingerprint density at radius 2 is 1.65 bits per heavy atom. The average molecular weight is 690 g/mol. The highest BCUT2D eigenvalue weighted by Gasteiger charge is 2.41. The molecule has 1 saturated heterocycles. The van der Waals surface area contributed by atoms with Crippen molar-refractivity contribution >= 4 is 35.4 Å². The van der Waals surface area contributed by atoms with Gasteiger partial charge in [0.25, 0.3) is 0 Å². The Hall–Kier alpha value is -2.63. The van der Waals surface area contributed by atoms with Crippen molar-refractivity contribution in [2.24, 2.45) is 17.8 Å². The summed E-state index contributed by atoms with van der Waals surface area (Å²) in [6, 6.07) is 8.30. The third-order valence-corrected chi connectivity index (χ3v) is 10.9. The maximum absolute atomic E-state index is 14.1. The number of rotatable bonds is 19. The number of methoxy groups -OCH3 is 1. The highest BCUT2D eigenvalue weighted by molar-refractivity contribution is 7.99. The third kappa shape index (κ3) is 11.5. The number of likely N-dealkylation sites (tertiary alicyclic amines) is 1. The van der Waals surface area contributed by atoms with Crippen LogP contribution < -0.4 is 10.6 Å². The summed E-state index contributed by atoms with van der Waals surface area (Å²) < 4.78 is 6.02. The summed E-state index contributed by atoms with van der Waals surface area (Å²) in [4.78, 5) is 60.0. The van der Waals surface area contributed by atoms with Gasteiger partial charge in [0.15, 0.2) is 0 Å². The van der Waals surface area contributed by atoms with Crippen LogP contribution in [0.25, 0.3) is 0 Å².